The van der Waals surface area contributed by atoms with Gasteiger partial charge in [-0.05, 0) is 15.9 Å². The second-order valence-corrected chi connectivity index (χ2v) is 14.3. The largest absolute Gasteiger partial charge is 0.265 e. The molecule has 0 spiro atoms. The number of nitrogens with zero attached hydrogens (tertiary/aromatic N) is 5. The number of para-hydroxylation sites is 1. The molecule has 4 aromatic carbocycles. The second-order valence-electron chi connectivity index (χ2n) is 9.34. The number of hydrogen-bond acceptors (Lipinski definition) is 2. The monoisotopic (exact) mass is 664 g/mol. The summed E-state index contributed by atoms with van der Waals surface area (Å²) < 4.78 is 2.14. The SMILES string of the molecule is [C-]#[N+]c1cc[c-]c(-[n+]2nnc([Si](C)(C)C)n2-c2c(-c3ccccc3)cccc2-c2ccccc2)c1.[Ir]. The van der Waals surface area contributed by atoms with Gasteiger partial charge in [-0.15, -0.1) is 16.8 Å². The van der Waals surface area contributed by atoms with Gasteiger partial charge in [0.25, 0.3) is 5.45 Å². The third-order valence-electron chi connectivity index (χ3n) is 5.82. The number of aromatic nitrogens is 4. The Balaban J connectivity index is 0.00000304. The first-order valence-electron chi connectivity index (χ1n) is 11.5. The molecule has 0 N–H and O–H groups in total. The Morgan fingerprint density at radius 1 is 0.833 bits per heavy atom. The van der Waals surface area contributed by atoms with Crippen molar-refractivity contribution in [2.45, 2.75) is 19.6 Å². The van der Waals surface area contributed by atoms with E-state index < -0.39 is 8.07 Å². The molecule has 1 aromatic heterocycles. The quantitative estimate of drug-likeness (QED) is 0.136. The van der Waals surface area contributed by atoms with Crippen LogP contribution in [0.5, 0.6) is 0 Å². The van der Waals surface area contributed by atoms with Gasteiger partial charge in [0.2, 0.25) is 0 Å². The van der Waals surface area contributed by atoms with Crippen LogP contribution in [0.3, 0.4) is 0 Å². The second kappa shape index (κ2) is 10.5. The van der Waals surface area contributed by atoms with E-state index in [0.717, 1.165) is 33.4 Å². The molecule has 0 unspecified atom stereocenters. The summed E-state index contributed by atoms with van der Waals surface area (Å²) in [5.74, 6) is 0. The van der Waals surface area contributed by atoms with E-state index in [4.69, 9.17) is 11.7 Å². The van der Waals surface area contributed by atoms with Gasteiger partial charge in [-0.25, -0.2) is 0 Å². The smallest absolute Gasteiger partial charge is 0.258 e. The van der Waals surface area contributed by atoms with E-state index in [-0.39, 0.29) is 20.1 Å². The van der Waals surface area contributed by atoms with Gasteiger partial charge in [0.1, 0.15) is 5.69 Å². The predicted octanol–water partition coefficient (Wildman–Crippen LogP) is 5.77. The molecule has 0 amide bonds. The third kappa shape index (κ3) is 4.84. The van der Waals surface area contributed by atoms with E-state index in [2.05, 4.69) is 107 Å². The van der Waals surface area contributed by atoms with Crippen LogP contribution in [-0.4, -0.2) is 23.1 Å². The molecule has 1 heterocycles. The average Bonchev–Trinajstić information content (AvgIpc) is 3.35. The van der Waals surface area contributed by atoms with Crippen LogP contribution in [0.25, 0.3) is 38.5 Å². The summed E-state index contributed by atoms with van der Waals surface area (Å²) in [5.41, 5.74) is 7.56. The fourth-order valence-corrected chi connectivity index (χ4v) is 5.37. The van der Waals surface area contributed by atoms with Gasteiger partial charge in [-0.1, -0.05) is 98.5 Å². The predicted molar refractivity (Wildman–Crippen MR) is 142 cm³/mol. The topological polar surface area (TPSA) is 39.0 Å². The van der Waals surface area contributed by atoms with E-state index in [0.29, 0.717) is 11.4 Å². The van der Waals surface area contributed by atoms with Crippen molar-refractivity contribution >= 4 is 19.2 Å². The Morgan fingerprint density at radius 3 is 1.94 bits per heavy atom. The van der Waals surface area contributed by atoms with Crippen molar-refractivity contribution in [3.63, 3.8) is 0 Å². The molecule has 7 heteroatoms. The van der Waals surface area contributed by atoms with Crippen LogP contribution in [0.2, 0.25) is 19.6 Å². The molecule has 36 heavy (non-hydrogen) atoms. The Bertz CT molecular complexity index is 1480. The summed E-state index contributed by atoms with van der Waals surface area (Å²) in [4.78, 5) is 5.40. The Morgan fingerprint density at radius 2 is 1.42 bits per heavy atom. The fraction of sp³-hybridized carbons (Fsp3) is 0.103. The zero-order chi connectivity index (χ0) is 24.4. The standard InChI is InChI=1S/C29H25N5Si.Ir/c1-30-24-17-11-18-25(21-24)34-32-31-29(35(2,3)4)33(34)28-26(22-13-7-5-8-14-22)19-12-20-27(28)23-15-9-6-10-16-23;/h5-17,19-21H,2-4H3;. The van der Waals surface area contributed by atoms with Gasteiger partial charge in [0.05, 0.1) is 23.0 Å². The molecule has 179 valence electrons. The molecule has 0 aliphatic carbocycles. The van der Waals surface area contributed by atoms with Gasteiger partial charge in [-0.3, -0.25) is 4.85 Å². The summed E-state index contributed by atoms with van der Waals surface area (Å²) in [6.07, 6.45) is 0. The molecule has 0 saturated heterocycles. The van der Waals surface area contributed by atoms with Gasteiger partial charge < -0.3 is 0 Å². The van der Waals surface area contributed by atoms with Gasteiger partial charge in [0.15, 0.2) is 13.3 Å². The van der Waals surface area contributed by atoms with Crippen molar-refractivity contribution in [2.24, 2.45) is 0 Å². The molecule has 5 aromatic rings. The maximum absolute atomic E-state index is 7.48. The van der Waals surface area contributed by atoms with Crippen molar-refractivity contribution in [2.75, 3.05) is 0 Å². The first-order valence-corrected chi connectivity index (χ1v) is 15.0. The molecule has 0 atom stereocenters. The first kappa shape index (κ1) is 25.4. The zero-order valence-corrected chi connectivity index (χ0v) is 23.7. The molecule has 1 radical (unpaired) electrons. The number of hydrogen-bond donors (Lipinski definition) is 0. The van der Waals surface area contributed by atoms with Crippen LogP contribution in [0.4, 0.5) is 5.69 Å². The molecule has 5 rings (SSSR count). The molecule has 0 bridgehead atoms. The van der Waals surface area contributed by atoms with E-state index in [1.54, 1.807) is 23.0 Å². The van der Waals surface area contributed by atoms with Gasteiger partial charge >= 0.3 is 0 Å². The van der Waals surface area contributed by atoms with Crippen molar-refractivity contribution in [1.29, 1.82) is 0 Å². The Hall–Kier alpha value is -3.69. The Labute approximate surface area is 226 Å². The van der Waals surface area contributed by atoms with Crippen LogP contribution in [0.1, 0.15) is 0 Å². The fourth-order valence-electron chi connectivity index (χ4n) is 4.18. The van der Waals surface area contributed by atoms with E-state index in [1.165, 1.54) is 0 Å². The number of tetrazole rings is 1. The van der Waals surface area contributed by atoms with Gasteiger partial charge in [0, 0.05) is 31.2 Å². The van der Waals surface area contributed by atoms with Crippen molar-refractivity contribution in [3.8, 4) is 33.6 Å². The van der Waals surface area contributed by atoms with Crippen molar-refractivity contribution < 1.29 is 24.9 Å². The van der Waals surface area contributed by atoms with Crippen LogP contribution >= 0.6 is 0 Å². The van der Waals surface area contributed by atoms with Crippen molar-refractivity contribution in [3.05, 3.63) is 115 Å². The minimum Gasteiger partial charge on any atom is -0.265 e. The number of rotatable bonds is 5. The van der Waals surface area contributed by atoms with E-state index in [1.807, 2.05) is 12.1 Å². The minimum atomic E-state index is -1.95. The third-order valence-corrected chi connectivity index (χ3v) is 7.47. The summed E-state index contributed by atoms with van der Waals surface area (Å²) in [6.45, 7) is 14.3. The van der Waals surface area contributed by atoms with Crippen molar-refractivity contribution in [1.82, 2.24) is 15.0 Å². The molecule has 0 saturated carbocycles. The summed E-state index contributed by atoms with van der Waals surface area (Å²) in [7, 11) is -1.95. The van der Waals surface area contributed by atoms with Crippen LogP contribution in [0.15, 0.2) is 97.1 Å². The summed E-state index contributed by atoms with van der Waals surface area (Å²) in [6, 6.07) is 35.8. The summed E-state index contributed by atoms with van der Waals surface area (Å²) >= 11 is 0. The summed E-state index contributed by atoms with van der Waals surface area (Å²) in [5, 5.41) is 9.31. The van der Waals surface area contributed by atoms with E-state index in [9.17, 15) is 0 Å². The first-order chi connectivity index (χ1) is 17.0. The maximum Gasteiger partial charge on any atom is 0.258 e. The van der Waals surface area contributed by atoms with Crippen LogP contribution in [-0.2, 0) is 20.1 Å². The molecule has 0 aliphatic rings. The van der Waals surface area contributed by atoms with E-state index >= 15 is 0 Å². The number of benzene rings is 4. The average molecular weight is 664 g/mol. The molecule has 5 nitrogen and oxygen atoms in total. The Kier molecular flexibility index (Phi) is 7.42. The molecule has 0 aliphatic heterocycles. The normalized spacial score (nSPS) is 10.9. The molecular weight excluding hydrogens is 639 g/mol. The molecule has 0 fully saturated rings. The van der Waals surface area contributed by atoms with Crippen LogP contribution in [0, 0.1) is 12.6 Å². The maximum atomic E-state index is 7.48. The zero-order valence-electron chi connectivity index (χ0n) is 20.3. The minimum absolute atomic E-state index is 0. The van der Waals surface area contributed by atoms with Gasteiger partial charge in [-0.2, -0.15) is 12.1 Å². The molecular formula is C29H25IrN5Si. The van der Waals surface area contributed by atoms with Crippen LogP contribution < -0.4 is 10.2 Å².